The lowest BCUT2D eigenvalue weighted by Gasteiger charge is -2.26. The van der Waals surface area contributed by atoms with E-state index >= 15 is 0 Å². The van der Waals surface area contributed by atoms with Crippen LogP contribution < -0.4 is 5.32 Å². The number of halogens is 1. The minimum Gasteiger partial charge on any atom is -0.395 e. The first-order valence-electron chi connectivity index (χ1n) is 7.48. The van der Waals surface area contributed by atoms with Gasteiger partial charge in [0.15, 0.2) is 5.11 Å². The first-order valence-corrected chi connectivity index (χ1v) is 8.27. The first-order chi connectivity index (χ1) is 11.0. The number of aliphatic hydroxyl groups is 1. The largest absolute Gasteiger partial charge is 0.395 e. The molecule has 0 saturated carbocycles. The van der Waals surface area contributed by atoms with Crippen molar-refractivity contribution in [3.8, 4) is 0 Å². The van der Waals surface area contributed by atoms with E-state index in [0.29, 0.717) is 23.2 Å². The Kier molecular flexibility index (Phi) is 6.39. The Bertz CT molecular complexity index is 653. The molecule has 2 aromatic carbocycles. The van der Waals surface area contributed by atoms with Crippen molar-refractivity contribution in [1.29, 1.82) is 0 Å². The molecule has 0 amide bonds. The van der Waals surface area contributed by atoms with Crippen molar-refractivity contribution >= 4 is 34.6 Å². The normalized spacial score (nSPS) is 10.4. The Morgan fingerprint density at radius 3 is 2.52 bits per heavy atom. The summed E-state index contributed by atoms with van der Waals surface area (Å²) in [5.74, 6) is 0. The molecule has 3 nitrogen and oxygen atoms in total. The number of benzene rings is 2. The molecule has 5 heteroatoms. The van der Waals surface area contributed by atoms with E-state index in [1.165, 1.54) is 0 Å². The molecule has 0 aromatic heterocycles. The number of anilines is 1. The quantitative estimate of drug-likeness (QED) is 0.796. The molecule has 0 radical (unpaired) electrons. The van der Waals surface area contributed by atoms with Crippen molar-refractivity contribution in [1.82, 2.24) is 4.90 Å². The van der Waals surface area contributed by atoms with Gasteiger partial charge in [0.1, 0.15) is 0 Å². The van der Waals surface area contributed by atoms with Gasteiger partial charge < -0.3 is 15.3 Å². The molecule has 0 fully saturated rings. The molecule has 23 heavy (non-hydrogen) atoms. The zero-order chi connectivity index (χ0) is 16.8. The molecular formula is C18H21ClN2OS. The number of nitrogens with zero attached hydrogens (tertiary/aromatic N) is 1. The number of nitrogens with one attached hydrogen (secondary N) is 1. The minimum absolute atomic E-state index is 0.0370. The number of aryl methyl sites for hydroxylation is 2. The van der Waals surface area contributed by atoms with Gasteiger partial charge in [0.2, 0.25) is 0 Å². The van der Waals surface area contributed by atoms with Crippen LogP contribution in [0.2, 0.25) is 5.02 Å². The van der Waals surface area contributed by atoms with Crippen molar-refractivity contribution in [2.75, 3.05) is 18.5 Å². The first kappa shape index (κ1) is 17.7. The van der Waals surface area contributed by atoms with E-state index in [2.05, 4.69) is 11.4 Å². The molecule has 122 valence electrons. The van der Waals surface area contributed by atoms with Crippen LogP contribution in [0.3, 0.4) is 0 Å². The monoisotopic (exact) mass is 348 g/mol. The Morgan fingerprint density at radius 1 is 1.22 bits per heavy atom. The van der Waals surface area contributed by atoms with Crippen molar-refractivity contribution < 1.29 is 5.11 Å². The van der Waals surface area contributed by atoms with Crippen LogP contribution >= 0.6 is 23.8 Å². The van der Waals surface area contributed by atoms with E-state index < -0.39 is 0 Å². The van der Waals surface area contributed by atoms with Gasteiger partial charge in [0.25, 0.3) is 0 Å². The van der Waals surface area contributed by atoms with Gasteiger partial charge in [-0.15, -0.1) is 0 Å². The number of thiocarbonyl (C=S) groups is 1. The number of hydrogen-bond donors (Lipinski definition) is 2. The maximum absolute atomic E-state index is 9.32. The Labute approximate surface area is 147 Å². The lowest BCUT2D eigenvalue weighted by molar-refractivity contribution is 0.248. The van der Waals surface area contributed by atoms with Gasteiger partial charge in [-0.25, -0.2) is 0 Å². The Morgan fingerprint density at radius 2 is 1.91 bits per heavy atom. The lowest BCUT2D eigenvalue weighted by Crippen LogP contribution is -2.36. The van der Waals surface area contributed by atoms with E-state index in [1.807, 2.05) is 55.1 Å². The third kappa shape index (κ3) is 4.93. The van der Waals surface area contributed by atoms with E-state index in [9.17, 15) is 5.11 Å². The summed E-state index contributed by atoms with van der Waals surface area (Å²) in [5, 5.41) is 13.7. The average molecular weight is 349 g/mol. The van der Waals surface area contributed by atoms with Crippen molar-refractivity contribution in [2.45, 2.75) is 20.4 Å². The van der Waals surface area contributed by atoms with Crippen LogP contribution in [0.4, 0.5) is 5.69 Å². The molecule has 0 unspecified atom stereocenters. The van der Waals surface area contributed by atoms with Gasteiger partial charge >= 0.3 is 0 Å². The Balaban J connectivity index is 2.15. The fraction of sp³-hybridized carbons (Fsp3) is 0.278. The third-order valence-corrected chi connectivity index (χ3v) is 4.20. The van der Waals surface area contributed by atoms with Crippen molar-refractivity contribution in [3.63, 3.8) is 0 Å². The molecule has 0 saturated heterocycles. The summed E-state index contributed by atoms with van der Waals surface area (Å²) < 4.78 is 0. The van der Waals surface area contributed by atoms with Gasteiger partial charge in [-0.05, 0) is 48.8 Å². The summed E-state index contributed by atoms with van der Waals surface area (Å²) in [6.45, 7) is 5.14. The standard InChI is InChI=1S/C18H21ClN2OS/c1-13-10-14(2)17(16(19)11-13)20-18(23)21(8-9-22)12-15-6-4-3-5-7-15/h3-7,10-11,22H,8-9,12H2,1-2H3,(H,20,23). The smallest absolute Gasteiger partial charge is 0.173 e. The van der Waals surface area contributed by atoms with Crippen LogP contribution in [0.5, 0.6) is 0 Å². The van der Waals surface area contributed by atoms with Gasteiger partial charge in [0.05, 0.1) is 17.3 Å². The van der Waals surface area contributed by atoms with Gasteiger partial charge in [-0.1, -0.05) is 48.0 Å². The van der Waals surface area contributed by atoms with Gasteiger partial charge in [0, 0.05) is 13.1 Å². The molecule has 2 rings (SSSR count). The molecule has 2 N–H and O–H groups in total. The number of hydrogen-bond acceptors (Lipinski definition) is 2. The highest BCUT2D eigenvalue weighted by molar-refractivity contribution is 7.80. The second kappa shape index (κ2) is 8.29. The summed E-state index contributed by atoms with van der Waals surface area (Å²) in [4.78, 5) is 1.93. The van der Waals surface area contributed by atoms with Crippen molar-refractivity contribution in [3.05, 3.63) is 64.2 Å². The molecule has 2 aromatic rings. The van der Waals surface area contributed by atoms with Gasteiger partial charge in [-0.2, -0.15) is 0 Å². The van der Waals surface area contributed by atoms with E-state index in [-0.39, 0.29) is 6.61 Å². The van der Waals surface area contributed by atoms with Crippen LogP contribution in [-0.2, 0) is 6.54 Å². The molecular weight excluding hydrogens is 328 g/mol. The molecule has 0 atom stereocenters. The second-order valence-electron chi connectivity index (χ2n) is 5.50. The summed E-state index contributed by atoms with van der Waals surface area (Å²) >= 11 is 11.9. The highest BCUT2D eigenvalue weighted by Crippen LogP contribution is 2.27. The number of rotatable bonds is 5. The summed E-state index contributed by atoms with van der Waals surface area (Å²) in [5.41, 5.74) is 4.11. The highest BCUT2D eigenvalue weighted by Gasteiger charge is 2.13. The maximum atomic E-state index is 9.32. The minimum atomic E-state index is 0.0370. The molecule has 0 aliphatic heterocycles. The SMILES string of the molecule is Cc1cc(C)c(NC(=S)N(CCO)Cc2ccccc2)c(Cl)c1. The molecule has 0 bridgehead atoms. The second-order valence-corrected chi connectivity index (χ2v) is 6.29. The fourth-order valence-corrected chi connectivity index (χ4v) is 3.06. The fourth-order valence-electron chi connectivity index (χ4n) is 2.44. The topological polar surface area (TPSA) is 35.5 Å². The van der Waals surface area contributed by atoms with Crippen LogP contribution in [0, 0.1) is 13.8 Å². The van der Waals surface area contributed by atoms with Crippen LogP contribution in [-0.4, -0.2) is 28.3 Å². The number of aliphatic hydroxyl groups excluding tert-OH is 1. The highest BCUT2D eigenvalue weighted by atomic mass is 35.5. The zero-order valence-corrected chi connectivity index (χ0v) is 14.9. The molecule has 0 spiro atoms. The zero-order valence-electron chi connectivity index (χ0n) is 13.3. The summed E-state index contributed by atoms with van der Waals surface area (Å²) in [6, 6.07) is 14.0. The maximum Gasteiger partial charge on any atom is 0.173 e. The van der Waals surface area contributed by atoms with E-state index in [0.717, 1.165) is 22.4 Å². The Hall–Kier alpha value is -1.62. The van der Waals surface area contributed by atoms with Crippen LogP contribution in [0.25, 0.3) is 0 Å². The van der Waals surface area contributed by atoms with Crippen LogP contribution in [0.1, 0.15) is 16.7 Å². The van der Waals surface area contributed by atoms with Gasteiger partial charge in [-0.3, -0.25) is 0 Å². The van der Waals surface area contributed by atoms with E-state index in [4.69, 9.17) is 23.8 Å². The predicted molar refractivity (Wildman–Crippen MR) is 101 cm³/mol. The molecule has 0 aliphatic rings. The van der Waals surface area contributed by atoms with Crippen molar-refractivity contribution in [2.24, 2.45) is 0 Å². The molecule has 0 aliphatic carbocycles. The average Bonchev–Trinajstić information content (AvgIpc) is 2.51. The third-order valence-electron chi connectivity index (χ3n) is 3.54. The van der Waals surface area contributed by atoms with E-state index in [1.54, 1.807) is 0 Å². The molecule has 0 heterocycles. The van der Waals surface area contributed by atoms with Crippen LogP contribution in [0.15, 0.2) is 42.5 Å². The lowest BCUT2D eigenvalue weighted by atomic mass is 10.1. The summed E-state index contributed by atoms with van der Waals surface area (Å²) in [6.07, 6.45) is 0. The predicted octanol–water partition coefficient (Wildman–Crippen LogP) is 4.15. The summed E-state index contributed by atoms with van der Waals surface area (Å²) in [7, 11) is 0.